The largest absolute Gasteiger partial charge is 0.412 e. The Morgan fingerprint density at radius 2 is 1.86 bits per heavy atom. The van der Waals surface area contributed by atoms with Gasteiger partial charge in [-0.05, 0) is 11.8 Å². The number of hydrogen-bond donors (Lipinski definition) is 0. The van der Waals surface area contributed by atoms with E-state index >= 15 is 0 Å². The van der Waals surface area contributed by atoms with Gasteiger partial charge >= 0.3 is 0 Å². The summed E-state index contributed by atoms with van der Waals surface area (Å²) >= 11 is 0. The molecule has 1 heterocycles. The Kier molecular flexibility index (Phi) is 5.46. The van der Waals surface area contributed by atoms with Crippen LogP contribution >= 0.6 is 0 Å². The van der Waals surface area contributed by atoms with Gasteiger partial charge < -0.3 is 10.0 Å². The zero-order chi connectivity index (χ0) is 9.84. The van der Waals surface area contributed by atoms with Crippen LogP contribution in [-0.4, -0.2) is 15.0 Å². The number of hydrogen-bond acceptors (Lipinski definition) is 1. The van der Waals surface area contributed by atoms with Gasteiger partial charge in [0.25, 0.3) is 0 Å². The van der Waals surface area contributed by atoms with Gasteiger partial charge in [0.15, 0.2) is 0 Å². The Morgan fingerprint density at radius 1 is 1.21 bits per heavy atom. The summed E-state index contributed by atoms with van der Waals surface area (Å²) in [7, 11) is 0. The summed E-state index contributed by atoms with van der Waals surface area (Å²) in [5, 5.41) is 0. The Morgan fingerprint density at radius 3 is 2.36 bits per heavy atom. The molecule has 0 fully saturated rings. The van der Waals surface area contributed by atoms with E-state index in [0.29, 0.717) is 11.8 Å². The number of nitrogens with zero attached hydrogens (tertiary/aromatic N) is 2. The molecule has 0 atom stereocenters. The second-order valence-electron chi connectivity index (χ2n) is 4.49. The summed E-state index contributed by atoms with van der Waals surface area (Å²) in [5.74, 6) is 2.61. The van der Waals surface area contributed by atoms with E-state index < -0.39 is 0 Å². The van der Waals surface area contributed by atoms with Gasteiger partial charge in [-0.25, -0.2) is 4.98 Å². The highest BCUT2D eigenvalue weighted by Gasteiger charge is 2.05. The lowest BCUT2D eigenvalue weighted by Crippen LogP contribution is -2.09. The van der Waals surface area contributed by atoms with Crippen molar-refractivity contribution in [2.24, 2.45) is 11.8 Å². The highest BCUT2D eigenvalue weighted by atomic mass is 16.0. The molecule has 0 aliphatic carbocycles. The van der Waals surface area contributed by atoms with Gasteiger partial charge in [0, 0.05) is 25.4 Å². The highest BCUT2D eigenvalue weighted by Crippen LogP contribution is 2.08. The fourth-order valence-corrected chi connectivity index (χ4v) is 1.45. The zero-order valence-corrected chi connectivity index (χ0v) is 9.62. The third-order valence-electron chi connectivity index (χ3n) is 1.95. The fourth-order valence-electron chi connectivity index (χ4n) is 1.45. The van der Waals surface area contributed by atoms with Gasteiger partial charge in [-0.2, -0.15) is 0 Å². The highest BCUT2D eigenvalue weighted by molar-refractivity contribution is 4.93. The predicted octanol–water partition coefficient (Wildman–Crippen LogP) is 1.91. The number of imidazole rings is 1. The smallest absolute Gasteiger partial charge is 0.108 e. The molecule has 14 heavy (non-hydrogen) atoms. The van der Waals surface area contributed by atoms with Crippen molar-refractivity contribution in [1.82, 2.24) is 9.55 Å². The van der Waals surface area contributed by atoms with Crippen molar-refractivity contribution in [2.45, 2.75) is 40.7 Å². The zero-order valence-electron chi connectivity index (χ0n) is 9.62. The minimum atomic E-state index is 0. The number of rotatable bonds is 4. The molecule has 0 unspecified atom stereocenters. The first-order chi connectivity index (χ1) is 6.09. The van der Waals surface area contributed by atoms with Crippen LogP contribution in [0.2, 0.25) is 0 Å². The Balaban J connectivity index is 0.00000169. The Bertz CT molecular complexity index is 229. The molecular formula is C11H22N2O. The molecule has 0 bridgehead atoms. The van der Waals surface area contributed by atoms with E-state index in [1.54, 1.807) is 0 Å². The second kappa shape index (κ2) is 5.81. The maximum absolute atomic E-state index is 4.37. The van der Waals surface area contributed by atoms with Crippen LogP contribution in [0.3, 0.4) is 0 Å². The van der Waals surface area contributed by atoms with Crippen LogP contribution in [0.25, 0.3) is 0 Å². The van der Waals surface area contributed by atoms with E-state index in [1.165, 1.54) is 5.82 Å². The SMILES string of the molecule is CC(C)Cc1nccn1CC(C)C.O. The maximum Gasteiger partial charge on any atom is 0.108 e. The standard InChI is InChI=1S/C11H20N2.H2O/c1-9(2)7-11-12-5-6-13(11)8-10(3)4;/h5-6,9-10H,7-8H2,1-4H3;1H2. The molecule has 82 valence electrons. The molecule has 0 aromatic carbocycles. The van der Waals surface area contributed by atoms with Crippen molar-refractivity contribution in [3.8, 4) is 0 Å². The molecule has 0 amide bonds. The first-order valence-corrected chi connectivity index (χ1v) is 5.09. The van der Waals surface area contributed by atoms with Gasteiger partial charge in [0.2, 0.25) is 0 Å². The number of aromatic nitrogens is 2. The summed E-state index contributed by atoms with van der Waals surface area (Å²) in [5.41, 5.74) is 0. The van der Waals surface area contributed by atoms with Gasteiger partial charge in [-0.15, -0.1) is 0 Å². The van der Waals surface area contributed by atoms with Crippen molar-refractivity contribution >= 4 is 0 Å². The maximum atomic E-state index is 4.37. The summed E-state index contributed by atoms with van der Waals surface area (Å²) in [6, 6.07) is 0. The average molecular weight is 198 g/mol. The molecule has 0 radical (unpaired) electrons. The summed E-state index contributed by atoms with van der Waals surface area (Å²) in [6.45, 7) is 10.0. The Hall–Kier alpha value is -0.830. The summed E-state index contributed by atoms with van der Waals surface area (Å²) in [4.78, 5) is 4.37. The fraction of sp³-hybridized carbons (Fsp3) is 0.727. The molecule has 0 spiro atoms. The summed E-state index contributed by atoms with van der Waals surface area (Å²) < 4.78 is 2.27. The molecule has 0 aliphatic rings. The van der Waals surface area contributed by atoms with Gasteiger partial charge in [0.1, 0.15) is 5.82 Å². The van der Waals surface area contributed by atoms with Crippen molar-refractivity contribution < 1.29 is 5.48 Å². The van der Waals surface area contributed by atoms with Gasteiger partial charge in [-0.1, -0.05) is 27.7 Å². The third kappa shape index (κ3) is 3.92. The first kappa shape index (κ1) is 13.2. The molecule has 1 aromatic heterocycles. The molecule has 3 nitrogen and oxygen atoms in total. The molecule has 1 aromatic rings. The predicted molar refractivity (Wildman–Crippen MR) is 59.2 cm³/mol. The quantitative estimate of drug-likeness (QED) is 0.729. The minimum absolute atomic E-state index is 0. The van der Waals surface area contributed by atoms with Crippen LogP contribution in [0.5, 0.6) is 0 Å². The normalized spacial score (nSPS) is 10.7. The van der Waals surface area contributed by atoms with Crippen molar-refractivity contribution in [3.05, 3.63) is 18.2 Å². The average Bonchev–Trinajstić information content (AvgIpc) is 2.34. The van der Waals surface area contributed by atoms with E-state index in [2.05, 4.69) is 43.4 Å². The van der Waals surface area contributed by atoms with Crippen LogP contribution in [0.1, 0.15) is 33.5 Å². The van der Waals surface area contributed by atoms with Crippen molar-refractivity contribution in [2.75, 3.05) is 0 Å². The monoisotopic (exact) mass is 198 g/mol. The van der Waals surface area contributed by atoms with E-state index in [0.717, 1.165) is 13.0 Å². The second-order valence-corrected chi connectivity index (χ2v) is 4.49. The lowest BCUT2D eigenvalue weighted by atomic mass is 10.1. The molecule has 0 saturated carbocycles. The lowest BCUT2D eigenvalue weighted by molar-refractivity contribution is 0.490. The molecule has 1 rings (SSSR count). The topological polar surface area (TPSA) is 49.3 Å². The van der Waals surface area contributed by atoms with E-state index in [4.69, 9.17) is 0 Å². The van der Waals surface area contributed by atoms with Crippen LogP contribution in [0.15, 0.2) is 12.4 Å². The third-order valence-corrected chi connectivity index (χ3v) is 1.95. The van der Waals surface area contributed by atoms with Crippen LogP contribution in [0.4, 0.5) is 0 Å². The van der Waals surface area contributed by atoms with Gasteiger partial charge in [-0.3, -0.25) is 0 Å². The lowest BCUT2D eigenvalue weighted by Gasteiger charge is -2.11. The molecule has 0 saturated heterocycles. The van der Waals surface area contributed by atoms with E-state index in [1.807, 2.05) is 6.20 Å². The molecule has 2 N–H and O–H groups in total. The van der Waals surface area contributed by atoms with Crippen LogP contribution < -0.4 is 0 Å². The molecule has 0 aliphatic heterocycles. The van der Waals surface area contributed by atoms with Crippen LogP contribution in [0, 0.1) is 11.8 Å². The van der Waals surface area contributed by atoms with Crippen molar-refractivity contribution in [1.29, 1.82) is 0 Å². The molecular weight excluding hydrogens is 176 g/mol. The van der Waals surface area contributed by atoms with Crippen molar-refractivity contribution in [3.63, 3.8) is 0 Å². The molecule has 3 heteroatoms. The Labute approximate surface area is 86.5 Å². The first-order valence-electron chi connectivity index (χ1n) is 5.09. The van der Waals surface area contributed by atoms with Crippen LogP contribution in [-0.2, 0) is 13.0 Å². The minimum Gasteiger partial charge on any atom is -0.412 e. The van der Waals surface area contributed by atoms with Gasteiger partial charge in [0.05, 0.1) is 0 Å². The van der Waals surface area contributed by atoms with E-state index in [-0.39, 0.29) is 5.48 Å². The van der Waals surface area contributed by atoms with E-state index in [9.17, 15) is 0 Å². The summed E-state index contributed by atoms with van der Waals surface area (Å²) in [6.07, 6.45) is 5.07.